The van der Waals surface area contributed by atoms with Crippen LogP contribution in [0.5, 0.6) is 0 Å². The van der Waals surface area contributed by atoms with Gasteiger partial charge in [0.05, 0.1) is 10.9 Å². The van der Waals surface area contributed by atoms with Gasteiger partial charge >= 0.3 is 0 Å². The van der Waals surface area contributed by atoms with Crippen LogP contribution in [-0.2, 0) is 9.84 Å². The highest BCUT2D eigenvalue weighted by Crippen LogP contribution is 2.23. The highest BCUT2D eigenvalue weighted by atomic mass is 32.2. The first-order chi connectivity index (χ1) is 9.29. The second-order valence-corrected chi connectivity index (χ2v) is 7.18. The predicted molar refractivity (Wildman–Crippen MR) is 81.5 cm³/mol. The first-order valence-corrected chi connectivity index (χ1v) is 8.31. The normalized spacial score (nSPS) is 13.2. The Morgan fingerprint density at radius 3 is 2.20 bits per heavy atom. The standard InChI is InChI=1S/C16H19NO2S/c1-11-7-8-14(9-12(11)2)16(17)13-5-4-6-15(10-13)20(3,18)19/h4-10,16H,17H2,1-3H3. The summed E-state index contributed by atoms with van der Waals surface area (Å²) in [7, 11) is -3.21. The fourth-order valence-corrected chi connectivity index (χ4v) is 2.77. The van der Waals surface area contributed by atoms with Gasteiger partial charge < -0.3 is 5.73 Å². The number of rotatable bonds is 3. The third kappa shape index (κ3) is 3.08. The third-order valence-corrected chi connectivity index (χ3v) is 4.65. The van der Waals surface area contributed by atoms with Crippen LogP contribution in [-0.4, -0.2) is 14.7 Å². The van der Waals surface area contributed by atoms with Gasteiger partial charge in [-0.15, -0.1) is 0 Å². The van der Waals surface area contributed by atoms with Crippen LogP contribution in [0.4, 0.5) is 0 Å². The minimum absolute atomic E-state index is 0.300. The van der Waals surface area contributed by atoms with Crippen LogP contribution in [0.3, 0.4) is 0 Å². The van der Waals surface area contributed by atoms with Crippen molar-refractivity contribution in [3.8, 4) is 0 Å². The molecule has 1 atom stereocenters. The Bertz CT molecular complexity index is 736. The molecule has 0 amide bonds. The van der Waals surface area contributed by atoms with Gasteiger partial charge in [0.2, 0.25) is 0 Å². The smallest absolute Gasteiger partial charge is 0.175 e. The first kappa shape index (κ1) is 14.8. The van der Waals surface area contributed by atoms with E-state index in [1.54, 1.807) is 18.2 Å². The maximum absolute atomic E-state index is 11.6. The summed E-state index contributed by atoms with van der Waals surface area (Å²) in [5.41, 5.74) is 10.4. The van der Waals surface area contributed by atoms with E-state index in [-0.39, 0.29) is 6.04 Å². The quantitative estimate of drug-likeness (QED) is 0.945. The summed E-state index contributed by atoms with van der Waals surface area (Å²) in [5, 5.41) is 0. The Kier molecular flexibility index (Phi) is 3.97. The number of nitrogens with two attached hydrogens (primary N) is 1. The van der Waals surface area contributed by atoms with Gasteiger partial charge in [0, 0.05) is 6.26 Å². The van der Waals surface area contributed by atoms with E-state index in [9.17, 15) is 8.42 Å². The zero-order valence-electron chi connectivity index (χ0n) is 11.9. The molecule has 0 heterocycles. The summed E-state index contributed by atoms with van der Waals surface area (Å²) in [5.74, 6) is 0. The van der Waals surface area contributed by atoms with Crippen LogP contribution in [0.25, 0.3) is 0 Å². The van der Waals surface area contributed by atoms with E-state index < -0.39 is 9.84 Å². The maximum atomic E-state index is 11.6. The molecule has 0 aromatic heterocycles. The molecule has 0 aliphatic rings. The molecule has 2 aromatic carbocycles. The summed E-state index contributed by atoms with van der Waals surface area (Å²) in [6, 6.07) is 12.6. The fraction of sp³-hybridized carbons (Fsp3) is 0.250. The Balaban J connectivity index is 2.43. The van der Waals surface area contributed by atoms with Crippen LogP contribution in [0, 0.1) is 13.8 Å². The molecule has 0 saturated heterocycles. The summed E-state index contributed by atoms with van der Waals surface area (Å²) in [6.45, 7) is 4.09. The van der Waals surface area contributed by atoms with Gasteiger partial charge in [0.15, 0.2) is 9.84 Å². The van der Waals surface area contributed by atoms with Crippen LogP contribution in [0.15, 0.2) is 47.4 Å². The number of aryl methyl sites for hydroxylation is 2. The van der Waals surface area contributed by atoms with Crippen molar-refractivity contribution < 1.29 is 8.42 Å². The van der Waals surface area contributed by atoms with Crippen LogP contribution < -0.4 is 5.73 Å². The molecule has 0 spiro atoms. The first-order valence-electron chi connectivity index (χ1n) is 6.42. The van der Waals surface area contributed by atoms with Gasteiger partial charge in [-0.25, -0.2) is 8.42 Å². The lowest BCUT2D eigenvalue weighted by atomic mass is 9.96. The van der Waals surface area contributed by atoms with Crippen LogP contribution in [0.1, 0.15) is 28.3 Å². The van der Waals surface area contributed by atoms with Gasteiger partial charge in [-0.2, -0.15) is 0 Å². The van der Waals surface area contributed by atoms with Crippen molar-refractivity contribution in [2.45, 2.75) is 24.8 Å². The molecule has 0 aliphatic heterocycles. The van der Waals surface area contributed by atoms with Gasteiger partial charge in [-0.05, 0) is 48.2 Å². The molecule has 3 nitrogen and oxygen atoms in total. The van der Waals surface area contributed by atoms with Crippen LogP contribution >= 0.6 is 0 Å². The lowest BCUT2D eigenvalue weighted by Gasteiger charge is -2.15. The molecule has 4 heteroatoms. The second kappa shape index (κ2) is 5.38. The third-order valence-electron chi connectivity index (χ3n) is 3.54. The van der Waals surface area contributed by atoms with Gasteiger partial charge in [0.1, 0.15) is 0 Å². The highest BCUT2D eigenvalue weighted by Gasteiger charge is 2.13. The van der Waals surface area contributed by atoms with Crippen molar-refractivity contribution in [3.05, 3.63) is 64.7 Å². The number of hydrogen-bond acceptors (Lipinski definition) is 3. The van der Waals surface area contributed by atoms with E-state index in [2.05, 4.69) is 6.92 Å². The van der Waals surface area contributed by atoms with E-state index in [1.807, 2.05) is 31.2 Å². The average Bonchev–Trinajstić information content (AvgIpc) is 2.40. The average molecular weight is 289 g/mol. The highest BCUT2D eigenvalue weighted by molar-refractivity contribution is 7.90. The van der Waals surface area contributed by atoms with Crippen molar-refractivity contribution in [1.82, 2.24) is 0 Å². The van der Waals surface area contributed by atoms with Crippen molar-refractivity contribution in [2.75, 3.05) is 6.26 Å². The van der Waals surface area contributed by atoms with E-state index in [1.165, 1.54) is 17.4 Å². The Morgan fingerprint density at radius 2 is 1.60 bits per heavy atom. The molecular weight excluding hydrogens is 270 g/mol. The second-order valence-electron chi connectivity index (χ2n) is 5.17. The molecule has 2 N–H and O–H groups in total. The van der Waals surface area contributed by atoms with E-state index in [0.29, 0.717) is 4.90 Å². The minimum atomic E-state index is -3.21. The Morgan fingerprint density at radius 1 is 0.950 bits per heavy atom. The van der Waals surface area contributed by atoms with Crippen molar-refractivity contribution in [3.63, 3.8) is 0 Å². The summed E-state index contributed by atoms with van der Waals surface area (Å²) in [6.07, 6.45) is 1.20. The van der Waals surface area contributed by atoms with E-state index in [0.717, 1.165) is 11.1 Å². The summed E-state index contributed by atoms with van der Waals surface area (Å²) >= 11 is 0. The van der Waals surface area contributed by atoms with E-state index >= 15 is 0 Å². The predicted octanol–water partition coefficient (Wildman–Crippen LogP) is 2.76. The molecule has 106 valence electrons. The SMILES string of the molecule is Cc1ccc(C(N)c2cccc(S(C)(=O)=O)c2)cc1C. The van der Waals surface area contributed by atoms with Crippen molar-refractivity contribution in [2.24, 2.45) is 5.73 Å². The van der Waals surface area contributed by atoms with Crippen molar-refractivity contribution >= 4 is 9.84 Å². The van der Waals surface area contributed by atoms with Gasteiger partial charge in [-0.3, -0.25) is 0 Å². The van der Waals surface area contributed by atoms with Gasteiger partial charge in [0.25, 0.3) is 0 Å². The van der Waals surface area contributed by atoms with Gasteiger partial charge in [-0.1, -0.05) is 30.3 Å². The molecule has 0 fully saturated rings. The minimum Gasteiger partial charge on any atom is -0.320 e. The molecule has 0 bridgehead atoms. The summed E-state index contributed by atoms with van der Waals surface area (Å²) < 4.78 is 23.2. The topological polar surface area (TPSA) is 60.2 Å². The molecule has 20 heavy (non-hydrogen) atoms. The number of sulfone groups is 1. The molecule has 0 aliphatic carbocycles. The Labute approximate surface area is 120 Å². The zero-order valence-corrected chi connectivity index (χ0v) is 12.7. The molecule has 0 saturated carbocycles. The number of benzene rings is 2. The molecule has 1 unspecified atom stereocenters. The molecular formula is C16H19NO2S. The zero-order chi connectivity index (χ0) is 14.9. The maximum Gasteiger partial charge on any atom is 0.175 e. The molecule has 2 rings (SSSR count). The number of hydrogen-bond donors (Lipinski definition) is 1. The summed E-state index contributed by atoms with van der Waals surface area (Å²) in [4.78, 5) is 0.300. The van der Waals surface area contributed by atoms with Crippen LogP contribution in [0.2, 0.25) is 0 Å². The lowest BCUT2D eigenvalue weighted by molar-refractivity contribution is 0.601. The largest absolute Gasteiger partial charge is 0.320 e. The monoisotopic (exact) mass is 289 g/mol. The van der Waals surface area contributed by atoms with Crippen molar-refractivity contribution in [1.29, 1.82) is 0 Å². The Hall–Kier alpha value is -1.65. The molecule has 2 aromatic rings. The fourth-order valence-electron chi connectivity index (χ4n) is 2.09. The lowest BCUT2D eigenvalue weighted by Crippen LogP contribution is -2.13. The van der Waals surface area contributed by atoms with E-state index in [4.69, 9.17) is 5.73 Å². The molecule has 0 radical (unpaired) electrons.